The minimum Gasteiger partial charge on any atom is -0.348 e. The van der Waals surface area contributed by atoms with E-state index in [0.717, 1.165) is 16.7 Å². The van der Waals surface area contributed by atoms with Crippen molar-refractivity contribution in [2.45, 2.75) is 38.2 Å². The van der Waals surface area contributed by atoms with Crippen molar-refractivity contribution >= 4 is 17.0 Å². The summed E-state index contributed by atoms with van der Waals surface area (Å²) in [6.07, 6.45) is -4.58. The summed E-state index contributed by atoms with van der Waals surface area (Å²) in [5, 5.41) is 2.64. The molecule has 34 heavy (non-hydrogen) atoms. The number of nitrogens with zero attached hydrogens (tertiary/aromatic N) is 1. The zero-order chi connectivity index (χ0) is 25.0. The van der Waals surface area contributed by atoms with Gasteiger partial charge in [-0.15, -0.1) is 0 Å². The van der Waals surface area contributed by atoms with Gasteiger partial charge >= 0.3 is 6.18 Å². The Bertz CT molecular complexity index is 1270. The van der Waals surface area contributed by atoms with E-state index in [4.69, 9.17) is 4.55 Å². The molecule has 3 rings (SSSR count). The van der Waals surface area contributed by atoms with Gasteiger partial charge in [-0.3, -0.25) is 14.2 Å². The Hall–Kier alpha value is -3.24. The second-order valence-electron chi connectivity index (χ2n) is 7.98. The SMILES string of the molecule is CC(C)c1ccc(C(=O)NCc2ccc(CS(=O)O)cc2)c(=O)n1-c1cccc(C(F)(F)F)c1. The van der Waals surface area contributed by atoms with Gasteiger partial charge in [0.15, 0.2) is 11.1 Å². The van der Waals surface area contributed by atoms with E-state index < -0.39 is 34.3 Å². The summed E-state index contributed by atoms with van der Waals surface area (Å²) in [6, 6.07) is 14.0. The molecule has 0 aliphatic rings. The highest BCUT2D eigenvalue weighted by atomic mass is 32.2. The van der Waals surface area contributed by atoms with Crippen LogP contribution in [0.2, 0.25) is 0 Å². The monoisotopic (exact) mass is 492 g/mol. The highest BCUT2D eigenvalue weighted by Gasteiger charge is 2.31. The standard InChI is InChI=1S/C24H23F3N2O4S/c1-15(2)21-11-10-20(22(30)28-13-16-6-8-17(9-7-16)14-34(32)33)23(31)29(21)19-5-3-4-18(12-19)24(25,26)27/h3-12,15H,13-14H2,1-2H3,(H,28,30)(H,32,33). The molecule has 0 aliphatic heterocycles. The van der Waals surface area contributed by atoms with Crippen LogP contribution in [0.15, 0.2) is 65.5 Å². The Morgan fingerprint density at radius 2 is 1.71 bits per heavy atom. The normalized spacial score (nSPS) is 12.6. The van der Waals surface area contributed by atoms with Gasteiger partial charge in [0.1, 0.15) is 5.56 Å². The number of hydrogen-bond acceptors (Lipinski definition) is 3. The highest BCUT2D eigenvalue weighted by molar-refractivity contribution is 7.78. The number of nitrogens with one attached hydrogen (secondary N) is 1. The van der Waals surface area contributed by atoms with Gasteiger partial charge in [-0.05, 0) is 47.4 Å². The molecule has 180 valence electrons. The maximum absolute atomic E-state index is 13.2. The van der Waals surface area contributed by atoms with E-state index in [9.17, 15) is 27.0 Å². The lowest BCUT2D eigenvalue weighted by Crippen LogP contribution is -2.33. The fraction of sp³-hybridized carbons (Fsp3) is 0.250. The number of carbonyl (C=O) groups is 1. The minimum atomic E-state index is -4.58. The lowest BCUT2D eigenvalue weighted by molar-refractivity contribution is -0.137. The zero-order valence-corrected chi connectivity index (χ0v) is 19.2. The van der Waals surface area contributed by atoms with Crippen molar-refractivity contribution in [1.82, 2.24) is 9.88 Å². The predicted octanol–water partition coefficient (Wildman–Crippen LogP) is 4.63. The van der Waals surface area contributed by atoms with Gasteiger partial charge in [0.2, 0.25) is 0 Å². The van der Waals surface area contributed by atoms with Gasteiger partial charge in [-0.1, -0.05) is 44.2 Å². The Labute approximate surface area is 196 Å². The van der Waals surface area contributed by atoms with Crippen molar-refractivity contribution in [1.29, 1.82) is 0 Å². The second-order valence-corrected chi connectivity index (χ2v) is 8.91. The van der Waals surface area contributed by atoms with E-state index in [-0.39, 0.29) is 29.5 Å². The van der Waals surface area contributed by atoms with Crippen molar-refractivity contribution in [3.8, 4) is 5.69 Å². The van der Waals surface area contributed by atoms with Crippen molar-refractivity contribution in [2.75, 3.05) is 0 Å². The van der Waals surface area contributed by atoms with Crippen molar-refractivity contribution < 1.29 is 26.7 Å². The van der Waals surface area contributed by atoms with Crippen LogP contribution in [0.1, 0.15) is 52.5 Å². The maximum Gasteiger partial charge on any atom is 0.416 e. The number of rotatable bonds is 7. The molecule has 6 nitrogen and oxygen atoms in total. The number of amides is 1. The predicted molar refractivity (Wildman–Crippen MR) is 123 cm³/mol. The van der Waals surface area contributed by atoms with E-state index >= 15 is 0 Å². The van der Waals surface area contributed by atoms with Gasteiger partial charge < -0.3 is 9.87 Å². The van der Waals surface area contributed by atoms with Crippen LogP contribution in [0, 0.1) is 0 Å². The van der Waals surface area contributed by atoms with Gasteiger partial charge in [-0.2, -0.15) is 13.2 Å². The molecule has 0 spiro atoms. The van der Waals surface area contributed by atoms with Crippen LogP contribution in [-0.2, 0) is 29.6 Å². The van der Waals surface area contributed by atoms with E-state index in [0.29, 0.717) is 16.8 Å². The van der Waals surface area contributed by atoms with Crippen molar-refractivity contribution in [3.63, 3.8) is 0 Å². The number of aromatic nitrogens is 1. The van der Waals surface area contributed by atoms with Crippen LogP contribution >= 0.6 is 0 Å². The number of hydrogen-bond donors (Lipinski definition) is 2. The number of pyridine rings is 1. The maximum atomic E-state index is 13.2. The molecule has 0 bridgehead atoms. The molecule has 0 saturated heterocycles. The molecule has 0 radical (unpaired) electrons. The van der Waals surface area contributed by atoms with Crippen LogP contribution in [-0.4, -0.2) is 19.2 Å². The molecule has 1 unspecified atom stereocenters. The van der Waals surface area contributed by atoms with Crippen molar-refractivity contribution in [3.05, 3.63) is 99.0 Å². The molecule has 0 aliphatic carbocycles. The smallest absolute Gasteiger partial charge is 0.348 e. The number of carbonyl (C=O) groups excluding carboxylic acids is 1. The molecule has 1 amide bonds. The minimum absolute atomic E-state index is 0.0100. The van der Waals surface area contributed by atoms with E-state index in [1.54, 1.807) is 44.2 Å². The fourth-order valence-corrected chi connectivity index (χ4v) is 3.91. The summed E-state index contributed by atoms with van der Waals surface area (Å²) >= 11 is -1.96. The molecule has 3 aromatic rings. The molecule has 2 N–H and O–H groups in total. The summed E-state index contributed by atoms with van der Waals surface area (Å²) in [5.74, 6) is -0.864. The summed E-state index contributed by atoms with van der Waals surface area (Å²) < 4.78 is 60.6. The third-order valence-electron chi connectivity index (χ3n) is 5.15. The Balaban J connectivity index is 1.91. The highest BCUT2D eigenvalue weighted by Crippen LogP contribution is 2.30. The number of benzene rings is 2. The average Bonchev–Trinajstić information content (AvgIpc) is 2.77. The number of halogens is 3. The summed E-state index contributed by atoms with van der Waals surface area (Å²) in [6.45, 7) is 3.69. The second kappa shape index (κ2) is 10.4. The van der Waals surface area contributed by atoms with Gasteiger partial charge in [0, 0.05) is 17.9 Å². The first-order valence-corrected chi connectivity index (χ1v) is 11.6. The van der Waals surface area contributed by atoms with Crippen LogP contribution in [0.25, 0.3) is 5.69 Å². The van der Waals surface area contributed by atoms with E-state index in [2.05, 4.69) is 5.32 Å². The molecular weight excluding hydrogens is 469 g/mol. The largest absolute Gasteiger partial charge is 0.416 e. The summed E-state index contributed by atoms with van der Waals surface area (Å²) in [5.41, 5.74) is 0.0441. The molecular formula is C24H23F3N2O4S. The van der Waals surface area contributed by atoms with E-state index in [1.807, 2.05) is 0 Å². The first-order valence-electron chi connectivity index (χ1n) is 10.3. The molecule has 10 heteroatoms. The van der Waals surface area contributed by atoms with Gasteiger partial charge in [-0.25, -0.2) is 4.21 Å². The molecule has 1 aromatic heterocycles. The van der Waals surface area contributed by atoms with Gasteiger partial charge in [0.25, 0.3) is 11.5 Å². The molecule has 2 aromatic carbocycles. The topological polar surface area (TPSA) is 88.4 Å². The van der Waals surface area contributed by atoms with E-state index in [1.165, 1.54) is 18.2 Å². The van der Waals surface area contributed by atoms with Crippen molar-refractivity contribution in [2.24, 2.45) is 0 Å². The molecule has 0 fully saturated rings. The first kappa shape index (κ1) is 25.4. The lowest BCUT2D eigenvalue weighted by atomic mass is 10.1. The van der Waals surface area contributed by atoms with Gasteiger partial charge in [0.05, 0.1) is 11.3 Å². The average molecular weight is 493 g/mol. The fourth-order valence-electron chi connectivity index (χ4n) is 3.44. The number of alkyl halides is 3. The molecule has 0 saturated carbocycles. The zero-order valence-electron chi connectivity index (χ0n) is 18.4. The molecule has 1 atom stereocenters. The first-order chi connectivity index (χ1) is 16.0. The lowest BCUT2D eigenvalue weighted by Gasteiger charge is -2.18. The summed E-state index contributed by atoms with van der Waals surface area (Å²) in [7, 11) is 0. The Morgan fingerprint density at radius 3 is 2.29 bits per heavy atom. The van der Waals surface area contributed by atoms with Crippen LogP contribution in [0.4, 0.5) is 13.2 Å². The third kappa shape index (κ3) is 6.00. The summed E-state index contributed by atoms with van der Waals surface area (Å²) in [4.78, 5) is 26.0. The Morgan fingerprint density at radius 1 is 1.06 bits per heavy atom. The quantitative estimate of drug-likeness (QED) is 0.471. The molecule has 1 heterocycles. The third-order valence-corrected chi connectivity index (χ3v) is 5.73. The van der Waals surface area contributed by atoms with Crippen LogP contribution in [0.3, 0.4) is 0 Å². The van der Waals surface area contributed by atoms with Crippen LogP contribution < -0.4 is 10.9 Å². The Kier molecular flexibility index (Phi) is 7.73. The van der Waals surface area contributed by atoms with Crippen LogP contribution in [0.5, 0.6) is 0 Å².